The molecule has 1 N–H and O–H groups in total. The van der Waals surface area contributed by atoms with Gasteiger partial charge in [0.1, 0.15) is 0 Å². The second-order valence-corrected chi connectivity index (χ2v) is 6.54. The second-order valence-electron chi connectivity index (χ2n) is 6.54. The molecule has 1 saturated heterocycles. The standard InChI is InChI=1S/C21H23N3O2/c1-16-2-6-18(7-3-16)20(15-24-10-12-26-13-11-24)23-21(25)19-8-4-17(14-22)5-9-19/h2-9,20H,10-13,15H2,1H3,(H,23,25)/t20-/m0/s1. The quantitative estimate of drug-likeness (QED) is 0.901. The molecule has 1 atom stereocenters. The lowest BCUT2D eigenvalue weighted by Gasteiger charge is -2.31. The molecule has 0 spiro atoms. The van der Waals surface area contributed by atoms with Crippen LogP contribution in [-0.2, 0) is 4.74 Å². The molecule has 0 radical (unpaired) electrons. The predicted molar refractivity (Wildman–Crippen MR) is 99.8 cm³/mol. The fourth-order valence-electron chi connectivity index (χ4n) is 3.01. The van der Waals surface area contributed by atoms with Crippen LogP contribution in [0.1, 0.15) is 33.1 Å². The first-order valence-electron chi connectivity index (χ1n) is 8.83. The van der Waals surface area contributed by atoms with Crippen LogP contribution in [0.4, 0.5) is 0 Å². The Morgan fingerprint density at radius 2 is 1.81 bits per heavy atom. The van der Waals surface area contributed by atoms with Crippen LogP contribution in [0.3, 0.4) is 0 Å². The van der Waals surface area contributed by atoms with E-state index in [-0.39, 0.29) is 11.9 Å². The molecule has 2 aromatic carbocycles. The summed E-state index contributed by atoms with van der Waals surface area (Å²) in [6.07, 6.45) is 0. The lowest BCUT2D eigenvalue weighted by Crippen LogP contribution is -2.43. The van der Waals surface area contributed by atoms with Gasteiger partial charge >= 0.3 is 0 Å². The van der Waals surface area contributed by atoms with Gasteiger partial charge in [-0.1, -0.05) is 29.8 Å². The first-order chi connectivity index (χ1) is 12.7. The number of hydrogen-bond donors (Lipinski definition) is 1. The molecule has 1 aliphatic rings. The van der Waals surface area contributed by atoms with Gasteiger partial charge in [-0.2, -0.15) is 5.26 Å². The molecule has 1 heterocycles. The molecule has 1 fully saturated rings. The molecule has 0 aromatic heterocycles. The van der Waals surface area contributed by atoms with Gasteiger partial charge < -0.3 is 10.1 Å². The molecular weight excluding hydrogens is 326 g/mol. The third-order valence-corrected chi connectivity index (χ3v) is 4.61. The van der Waals surface area contributed by atoms with Crippen LogP contribution in [0.25, 0.3) is 0 Å². The highest BCUT2D eigenvalue weighted by molar-refractivity contribution is 5.94. The number of rotatable bonds is 5. The Hall–Kier alpha value is -2.68. The Bertz CT molecular complexity index is 772. The van der Waals surface area contributed by atoms with Crippen molar-refractivity contribution in [3.63, 3.8) is 0 Å². The summed E-state index contributed by atoms with van der Waals surface area (Å²) in [5.41, 5.74) is 3.38. The zero-order chi connectivity index (χ0) is 18.4. The van der Waals surface area contributed by atoms with Crippen molar-refractivity contribution >= 4 is 5.91 Å². The van der Waals surface area contributed by atoms with Gasteiger partial charge in [-0.05, 0) is 36.8 Å². The highest BCUT2D eigenvalue weighted by atomic mass is 16.5. The number of nitriles is 1. The average molecular weight is 349 g/mol. The van der Waals surface area contributed by atoms with E-state index in [2.05, 4.69) is 47.5 Å². The molecule has 1 aliphatic heterocycles. The number of nitrogens with zero attached hydrogens (tertiary/aromatic N) is 2. The molecule has 0 unspecified atom stereocenters. The SMILES string of the molecule is Cc1ccc([C@H](CN2CCOCC2)NC(=O)c2ccc(C#N)cc2)cc1. The molecule has 0 saturated carbocycles. The maximum atomic E-state index is 12.7. The van der Waals surface area contributed by atoms with Crippen molar-refractivity contribution in [3.8, 4) is 6.07 Å². The average Bonchev–Trinajstić information content (AvgIpc) is 2.69. The minimum absolute atomic E-state index is 0.100. The second kappa shape index (κ2) is 8.61. The van der Waals surface area contributed by atoms with Gasteiger partial charge in [0.05, 0.1) is 30.9 Å². The smallest absolute Gasteiger partial charge is 0.251 e. The molecule has 3 rings (SSSR count). The van der Waals surface area contributed by atoms with E-state index in [1.165, 1.54) is 5.56 Å². The topological polar surface area (TPSA) is 65.4 Å². The van der Waals surface area contributed by atoms with Gasteiger partial charge in [0.2, 0.25) is 0 Å². The summed E-state index contributed by atoms with van der Waals surface area (Å²) in [5, 5.41) is 12.0. The number of benzene rings is 2. The minimum atomic E-state index is -0.131. The van der Waals surface area contributed by atoms with Crippen molar-refractivity contribution in [3.05, 3.63) is 70.8 Å². The summed E-state index contributed by atoms with van der Waals surface area (Å²) in [6.45, 7) is 5.99. The number of carbonyl (C=O) groups is 1. The van der Waals surface area contributed by atoms with Crippen LogP contribution < -0.4 is 5.32 Å². The lowest BCUT2D eigenvalue weighted by molar-refractivity contribution is 0.0332. The number of aryl methyl sites for hydroxylation is 1. The van der Waals surface area contributed by atoms with Crippen LogP contribution in [-0.4, -0.2) is 43.7 Å². The molecule has 5 heteroatoms. The summed E-state index contributed by atoms with van der Waals surface area (Å²) < 4.78 is 5.42. The van der Waals surface area contributed by atoms with Crippen molar-refractivity contribution < 1.29 is 9.53 Å². The van der Waals surface area contributed by atoms with Gasteiger partial charge in [0.15, 0.2) is 0 Å². The summed E-state index contributed by atoms with van der Waals surface area (Å²) >= 11 is 0. The van der Waals surface area contributed by atoms with Crippen molar-refractivity contribution in [1.82, 2.24) is 10.2 Å². The first-order valence-corrected chi connectivity index (χ1v) is 8.83. The van der Waals surface area contributed by atoms with E-state index in [1.54, 1.807) is 24.3 Å². The highest BCUT2D eigenvalue weighted by Gasteiger charge is 2.20. The number of morpholine rings is 1. The molecule has 1 amide bonds. The van der Waals surface area contributed by atoms with Crippen molar-refractivity contribution in [2.24, 2.45) is 0 Å². The fraction of sp³-hybridized carbons (Fsp3) is 0.333. The van der Waals surface area contributed by atoms with Crippen LogP contribution in [0.2, 0.25) is 0 Å². The van der Waals surface area contributed by atoms with E-state index in [9.17, 15) is 4.79 Å². The van der Waals surface area contributed by atoms with E-state index < -0.39 is 0 Å². The molecule has 2 aromatic rings. The molecule has 134 valence electrons. The van der Waals surface area contributed by atoms with E-state index in [4.69, 9.17) is 10.00 Å². The first kappa shape index (κ1) is 18.1. The largest absolute Gasteiger partial charge is 0.379 e. The Morgan fingerprint density at radius 3 is 2.42 bits per heavy atom. The summed E-state index contributed by atoms with van der Waals surface area (Å²) in [7, 11) is 0. The maximum absolute atomic E-state index is 12.7. The summed E-state index contributed by atoms with van der Waals surface area (Å²) in [6, 6.07) is 16.9. The van der Waals surface area contributed by atoms with Gasteiger partial charge in [-0.3, -0.25) is 9.69 Å². The van der Waals surface area contributed by atoms with Crippen molar-refractivity contribution in [2.75, 3.05) is 32.8 Å². The Labute approximate surface area is 154 Å². The number of carbonyl (C=O) groups excluding carboxylic acids is 1. The van der Waals surface area contributed by atoms with Crippen molar-refractivity contribution in [1.29, 1.82) is 5.26 Å². The fourth-order valence-corrected chi connectivity index (χ4v) is 3.01. The molecule has 5 nitrogen and oxygen atoms in total. The van der Waals surface area contributed by atoms with E-state index in [0.29, 0.717) is 11.1 Å². The molecular formula is C21H23N3O2. The summed E-state index contributed by atoms with van der Waals surface area (Å²) in [5.74, 6) is -0.131. The predicted octanol–water partition coefficient (Wildman–Crippen LogP) is 2.67. The van der Waals surface area contributed by atoms with E-state index in [1.807, 2.05) is 0 Å². The number of ether oxygens (including phenoxy) is 1. The zero-order valence-electron chi connectivity index (χ0n) is 14.9. The van der Waals surface area contributed by atoms with Gasteiger partial charge in [-0.15, -0.1) is 0 Å². The van der Waals surface area contributed by atoms with Crippen molar-refractivity contribution in [2.45, 2.75) is 13.0 Å². The molecule has 0 aliphatic carbocycles. The molecule has 26 heavy (non-hydrogen) atoms. The third kappa shape index (κ3) is 4.69. The Kier molecular flexibility index (Phi) is 6.00. The summed E-state index contributed by atoms with van der Waals surface area (Å²) in [4.78, 5) is 15.0. The Balaban J connectivity index is 1.76. The van der Waals surface area contributed by atoms with Gasteiger partial charge in [0, 0.05) is 25.2 Å². The normalized spacial score (nSPS) is 15.8. The van der Waals surface area contributed by atoms with Crippen LogP contribution in [0.5, 0.6) is 0 Å². The number of hydrogen-bond acceptors (Lipinski definition) is 4. The van der Waals surface area contributed by atoms with E-state index >= 15 is 0 Å². The number of amides is 1. The minimum Gasteiger partial charge on any atom is -0.379 e. The lowest BCUT2D eigenvalue weighted by atomic mass is 10.0. The maximum Gasteiger partial charge on any atom is 0.251 e. The zero-order valence-corrected chi connectivity index (χ0v) is 14.9. The highest BCUT2D eigenvalue weighted by Crippen LogP contribution is 2.17. The van der Waals surface area contributed by atoms with E-state index in [0.717, 1.165) is 38.4 Å². The van der Waals surface area contributed by atoms with Crippen LogP contribution in [0, 0.1) is 18.3 Å². The van der Waals surface area contributed by atoms with Gasteiger partial charge in [0.25, 0.3) is 5.91 Å². The monoisotopic (exact) mass is 349 g/mol. The Morgan fingerprint density at radius 1 is 1.15 bits per heavy atom. The third-order valence-electron chi connectivity index (χ3n) is 4.61. The van der Waals surface area contributed by atoms with Crippen LogP contribution in [0.15, 0.2) is 48.5 Å². The molecule has 0 bridgehead atoms. The van der Waals surface area contributed by atoms with Gasteiger partial charge in [-0.25, -0.2) is 0 Å². The van der Waals surface area contributed by atoms with Crippen LogP contribution >= 0.6 is 0 Å². The number of nitrogens with one attached hydrogen (secondary N) is 1.